The Hall–Kier alpha value is -1.82. The molecule has 2 aromatic rings. The Bertz CT molecular complexity index is 535. The Morgan fingerprint density at radius 1 is 1.30 bits per heavy atom. The molecule has 0 amide bonds. The van der Waals surface area contributed by atoms with Gasteiger partial charge in [0.25, 0.3) is 0 Å². The van der Waals surface area contributed by atoms with Gasteiger partial charge in [0.1, 0.15) is 5.82 Å². The maximum Gasteiger partial charge on any atom is 0.416 e. The first kappa shape index (κ1) is 14.6. The van der Waals surface area contributed by atoms with Gasteiger partial charge >= 0.3 is 6.18 Å². The second kappa shape index (κ2) is 6.09. The van der Waals surface area contributed by atoms with Gasteiger partial charge in [0, 0.05) is 18.4 Å². The molecule has 6 heteroatoms. The van der Waals surface area contributed by atoms with Gasteiger partial charge in [-0.25, -0.2) is 4.98 Å². The van der Waals surface area contributed by atoms with Gasteiger partial charge in [0.2, 0.25) is 0 Å². The molecule has 0 radical (unpaired) electrons. The molecule has 0 bridgehead atoms. The zero-order valence-electron chi connectivity index (χ0n) is 11.0. The molecule has 1 aromatic carbocycles. The van der Waals surface area contributed by atoms with E-state index in [1.165, 1.54) is 12.1 Å². The monoisotopic (exact) mass is 283 g/mol. The Kier molecular flexibility index (Phi) is 4.44. The summed E-state index contributed by atoms with van der Waals surface area (Å²) in [6, 6.07) is 5.60. The van der Waals surface area contributed by atoms with Crippen molar-refractivity contribution in [2.75, 3.05) is 0 Å². The summed E-state index contributed by atoms with van der Waals surface area (Å²) in [5.41, 5.74) is -0.258. The molecular weight excluding hydrogens is 267 g/mol. The molecule has 1 aromatic heterocycles. The first-order valence-electron chi connectivity index (χ1n) is 6.33. The number of rotatable bonds is 5. The predicted octanol–water partition coefficient (Wildman–Crippen LogP) is 3.15. The Morgan fingerprint density at radius 3 is 2.70 bits per heavy atom. The molecule has 108 valence electrons. The topological polar surface area (TPSA) is 40.7 Å². The Balaban J connectivity index is 1.99. The molecule has 0 spiro atoms. The molecule has 1 heterocycles. The zero-order valence-corrected chi connectivity index (χ0v) is 11.0. The number of H-pyrrole nitrogens is 1. The minimum atomic E-state index is -4.31. The van der Waals surface area contributed by atoms with Gasteiger partial charge in [0.15, 0.2) is 0 Å². The number of imidazole rings is 1. The van der Waals surface area contributed by atoms with Crippen LogP contribution in [0.25, 0.3) is 0 Å². The van der Waals surface area contributed by atoms with Crippen molar-refractivity contribution in [2.45, 2.75) is 32.1 Å². The SMILES string of the molecule is C[C@H](Cc1ccccc1C(F)(F)F)NCc1ncc[nH]1. The van der Waals surface area contributed by atoms with Crippen molar-refractivity contribution in [2.24, 2.45) is 0 Å². The highest BCUT2D eigenvalue weighted by Gasteiger charge is 2.32. The van der Waals surface area contributed by atoms with Crippen LogP contribution in [0.1, 0.15) is 23.9 Å². The molecule has 0 saturated carbocycles. The maximum atomic E-state index is 12.9. The molecule has 0 aliphatic heterocycles. The molecule has 3 nitrogen and oxygen atoms in total. The number of aromatic nitrogens is 2. The highest BCUT2D eigenvalue weighted by Crippen LogP contribution is 2.32. The summed E-state index contributed by atoms with van der Waals surface area (Å²) in [6.45, 7) is 2.36. The lowest BCUT2D eigenvalue weighted by atomic mass is 10.0. The van der Waals surface area contributed by atoms with Gasteiger partial charge in [-0.3, -0.25) is 0 Å². The second-order valence-corrected chi connectivity index (χ2v) is 4.68. The Morgan fingerprint density at radius 2 is 2.05 bits per heavy atom. The van der Waals surface area contributed by atoms with Crippen LogP contribution in [0.2, 0.25) is 0 Å². The molecule has 0 aliphatic carbocycles. The molecule has 0 unspecified atom stereocenters. The third-order valence-electron chi connectivity index (χ3n) is 3.02. The van der Waals surface area contributed by atoms with Crippen LogP contribution in [0, 0.1) is 0 Å². The zero-order chi connectivity index (χ0) is 14.6. The van der Waals surface area contributed by atoms with E-state index in [1.54, 1.807) is 18.5 Å². The number of hydrogen-bond donors (Lipinski definition) is 2. The summed E-state index contributed by atoms with van der Waals surface area (Å²) in [6.07, 6.45) is -0.644. The van der Waals surface area contributed by atoms with E-state index in [9.17, 15) is 13.2 Å². The highest BCUT2D eigenvalue weighted by molar-refractivity contribution is 5.30. The summed E-state index contributed by atoms with van der Waals surface area (Å²) in [5.74, 6) is 0.765. The van der Waals surface area contributed by atoms with Gasteiger partial charge in [-0.1, -0.05) is 18.2 Å². The van der Waals surface area contributed by atoms with Crippen LogP contribution in [-0.2, 0) is 19.1 Å². The van der Waals surface area contributed by atoms with Crippen molar-refractivity contribution in [3.63, 3.8) is 0 Å². The molecule has 1 atom stereocenters. The molecule has 0 aliphatic rings. The van der Waals surface area contributed by atoms with Crippen molar-refractivity contribution in [3.8, 4) is 0 Å². The number of benzene rings is 1. The minimum Gasteiger partial charge on any atom is -0.348 e. The van der Waals surface area contributed by atoms with Crippen LogP contribution in [0.15, 0.2) is 36.7 Å². The summed E-state index contributed by atoms with van der Waals surface area (Å²) in [7, 11) is 0. The van der Waals surface area contributed by atoms with E-state index in [0.29, 0.717) is 18.5 Å². The van der Waals surface area contributed by atoms with Crippen molar-refractivity contribution in [1.82, 2.24) is 15.3 Å². The van der Waals surface area contributed by atoms with E-state index >= 15 is 0 Å². The molecule has 0 saturated heterocycles. The van der Waals surface area contributed by atoms with Crippen LogP contribution in [0.3, 0.4) is 0 Å². The third kappa shape index (κ3) is 3.84. The average molecular weight is 283 g/mol. The summed E-state index contributed by atoms with van der Waals surface area (Å²) < 4.78 is 38.6. The standard InChI is InChI=1S/C14H16F3N3/c1-10(20-9-13-18-6-7-19-13)8-11-4-2-3-5-12(11)14(15,16)17/h2-7,10,20H,8-9H2,1H3,(H,18,19)/t10-/m1/s1. The van der Waals surface area contributed by atoms with E-state index in [4.69, 9.17) is 0 Å². The van der Waals surface area contributed by atoms with E-state index in [2.05, 4.69) is 15.3 Å². The first-order valence-corrected chi connectivity index (χ1v) is 6.33. The highest BCUT2D eigenvalue weighted by atomic mass is 19.4. The van der Waals surface area contributed by atoms with Gasteiger partial charge in [0.05, 0.1) is 12.1 Å². The lowest BCUT2D eigenvalue weighted by molar-refractivity contribution is -0.138. The van der Waals surface area contributed by atoms with Crippen LogP contribution in [0.5, 0.6) is 0 Å². The molecule has 20 heavy (non-hydrogen) atoms. The summed E-state index contributed by atoms with van der Waals surface area (Å²) in [5, 5.41) is 3.15. The van der Waals surface area contributed by atoms with E-state index in [0.717, 1.165) is 11.9 Å². The minimum absolute atomic E-state index is 0.0800. The number of nitrogens with one attached hydrogen (secondary N) is 2. The quantitative estimate of drug-likeness (QED) is 0.885. The average Bonchev–Trinajstić information content (AvgIpc) is 2.89. The van der Waals surface area contributed by atoms with Gasteiger partial charge < -0.3 is 10.3 Å². The third-order valence-corrected chi connectivity index (χ3v) is 3.02. The lowest BCUT2D eigenvalue weighted by Gasteiger charge is -2.17. The second-order valence-electron chi connectivity index (χ2n) is 4.68. The normalized spacial score (nSPS) is 13.4. The summed E-state index contributed by atoms with van der Waals surface area (Å²) in [4.78, 5) is 6.99. The van der Waals surface area contributed by atoms with Crippen molar-refractivity contribution < 1.29 is 13.2 Å². The van der Waals surface area contributed by atoms with Crippen molar-refractivity contribution >= 4 is 0 Å². The molecule has 2 N–H and O–H groups in total. The van der Waals surface area contributed by atoms with Gasteiger partial charge in [-0.2, -0.15) is 13.2 Å². The Labute approximate surface area is 115 Å². The molecule has 0 fully saturated rings. The lowest BCUT2D eigenvalue weighted by Crippen LogP contribution is -2.29. The van der Waals surface area contributed by atoms with Gasteiger partial charge in [-0.05, 0) is 25.0 Å². The number of aromatic amines is 1. The number of alkyl halides is 3. The van der Waals surface area contributed by atoms with Crippen LogP contribution in [-0.4, -0.2) is 16.0 Å². The first-order chi connectivity index (χ1) is 9.47. The number of nitrogens with zero attached hydrogens (tertiary/aromatic N) is 1. The fourth-order valence-electron chi connectivity index (χ4n) is 2.04. The van der Waals surface area contributed by atoms with Crippen LogP contribution >= 0.6 is 0 Å². The largest absolute Gasteiger partial charge is 0.416 e. The van der Waals surface area contributed by atoms with E-state index in [1.807, 2.05) is 6.92 Å². The van der Waals surface area contributed by atoms with Crippen LogP contribution < -0.4 is 5.32 Å². The molecular formula is C14H16F3N3. The fraction of sp³-hybridized carbons (Fsp3) is 0.357. The van der Waals surface area contributed by atoms with Gasteiger partial charge in [-0.15, -0.1) is 0 Å². The van der Waals surface area contributed by atoms with Crippen molar-refractivity contribution in [3.05, 3.63) is 53.6 Å². The molecule has 2 rings (SSSR count). The van der Waals surface area contributed by atoms with Crippen molar-refractivity contribution in [1.29, 1.82) is 0 Å². The van der Waals surface area contributed by atoms with E-state index < -0.39 is 11.7 Å². The van der Waals surface area contributed by atoms with Crippen LogP contribution in [0.4, 0.5) is 13.2 Å². The maximum absolute atomic E-state index is 12.9. The summed E-state index contributed by atoms with van der Waals surface area (Å²) >= 11 is 0. The number of halogens is 3. The fourth-order valence-corrected chi connectivity index (χ4v) is 2.04. The predicted molar refractivity (Wildman–Crippen MR) is 70.0 cm³/mol. The van der Waals surface area contributed by atoms with E-state index in [-0.39, 0.29) is 6.04 Å². The smallest absolute Gasteiger partial charge is 0.348 e. The number of hydrogen-bond acceptors (Lipinski definition) is 2.